The fourth-order valence-electron chi connectivity index (χ4n) is 1.42. The fourth-order valence-corrected chi connectivity index (χ4v) is 2.55. The molecule has 96 valence electrons. The number of carbonyl (C=O) groups is 1. The molecule has 5 nitrogen and oxygen atoms in total. The zero-order chi connectivity index (χ0) is 12.8. The maximum atomic E-state index is 11.6. The molecule has 2 N–H and O–H groups in total. The van der Waals surface area contributed by atoms with Gasteiger partial charge < -0.3 is 10.6 Å². The van der Waals surface area contributed by atoms with Crippen molar-refractivity contribution in [2.75, 3.05) is 11.9 Å². The van der Waals surface area contributed by atoms with Gasteiger partial charge in [-0.05, 0) is 39.9 Å². The van der Waals surface area contributed by atoms with Crippen molar-refractivity contribution in [1.82, 2.24) is 15.1 Å². The van der Waals surface area contributed by atoms with Gasteiger partial charge in [0.1, 0.15) is 0 Å². The van der Waals surface area contributed by atoms with E-state index >= 15 is 0 Å². The van der Waals surface area contributed by atoms with Gasteiger partial charge in [0, 0.05) is 25.5 Å². The van der Waals surface area contributed by atoms with E-state index in [-0.39, 0.29) is 6.03 Å². The lowest BCUT2D eigenvalue weighted by Crippen LogP contribution is -2.30. The number of amides is 2. The first kappa shape index (κ1) is 13.1. The van der Waals surface area contributed by atoms with Gasteiger partial charge in [0.2, 0.25) is 0 Å². The Bertz CT molecular complexity index is 497. The molecule has 2 rings (SSSR count). The molecular weight excluding hydrogens is 316 g/mol. The third-order valence-electron chi connectivity index (χ3n) is 2.27. The monoisotopic (exact) mass is 328 g/mol. The number of aryl methyl sites for hydroxylation is 1. The Hall–Kier alpha value is -1.34. The van der Waals surface area contributed by atoms with Gasteiger partial charge in [0.05, 0.1) is 9.47 Å². The average molecular weight is 329 g/mol. The Morgan fingerprint density at radius 1 is 1.56 bits per heavy atom. The molecule has 0 fully saturated rings. The van der Waals surface area contributed by atoms with E-state index in [0.29, 0.717) is 6.54 Å². The zero-order valence-corrected chi connectivity index (χ0v) is 12.0. The van der Waals surface area contributed by atoms with Crippen LogP contribution in [0.3, 0.4) is 0 Å². The van der Waals surface area contributed by atoms with Crippen molar-refractivity contribution in [2.24, 2.45) is 0 Å². The number of halogens is 1. The normalized spacial score (nSPS) is 10.3. The number of rotatable bonds is 5. The highest BCUT2D eigenvalue weighted by molar-refractivity contribution is 9.11. The van der Waals surface area contributed by atoms with Crippen molar-refractivity contribution in [3.63, 3.8) is 0 Å². The van der Waals surface area contributed by atoms with Gasteiger partial charge >= 0.3 is 6.03 Å². The van der Waals surface area contributed by atoms with Crippen molar-refractivity contribution >= 4 is 39.0 Å². The number of aromatic nitrogens is 2. The second-order valence-electron chi connectivity index (χ2n) is 3.61. The standard InChI is InChI=1S/C11H13BrN4OS/c12-10-9(3-8-18-10)15-11(17)13-4-1-6-16-7-2-5-14-16/h2-3,5,7-8H,1,4,6H2,(H2,13,15,17). The Balaban J connectivity index is 1.65. The van der Waals surface area contributed by atoms with E-state index in [2.05, 4.69) is 31.7 Å². The molecule has 0 spiro atoms. The van der Waals surface area contributed by atoms with Crippen LogP contribution in [0.15, 0.2) is 33.7 Å². The summed E-state index contributed by atoms with van der Waals surface area (Å²) < 4.78 is 2.77. The van der Waals surface area contributed by atoms with Gasteiger partial charge in [-0.2, -0.15) is 5.10 Å². The van der Waals surface area contributed by atoms with E-state index in [4.69, 9.17) is 0 Å². The van der Waals surface area contributed by atoms with Crippen LogP contribution in [0.4, 0.5) is 10.5 Å². The first-order valence-electron chi connectivity index (χ1n) is 5.51. The first-order chi connectivity index (χ1) is 8.75. The van der Waals surface area contributed by atoms with Crippen molar-refractivity contribution in [1.29, 1.82) is 0 Å². The molecule has 2 aromatic rings. The Morgan fingerprint density at radius 3 is 3.11 bits per heavy atom. The molecule has 2 aromatic heterocycles. The molecular formula is C11H13BrN4OS. The first-order valence-corrected chi connectivity index (χ1v) is 7.18. The van der Waals surface area contributed by atoms with Gasteiger partial charge in [0.25, 0.3) is 0 Å². The minimum absolute atomic E-state index is 0.186. The van der Waals surface area contributed by atoms with E-state index in [0.717, 1.165) is 22.4 Å². The highest BCUT2D eigenvalue weighted by atomic mass is 79.9. The number of anilines is 1. The lowest BCUT2D eigenvalue weighted by atomic mass is 10.4. The molecule has 0 aliphatic heterocycles. The number of nitrogens with zero attached hydrogens (tertiary/aromatic N) is 2. The Kier molecular flexibility index (Phi) is 4.77. The topological polar surface area (TPSA) is 59.0 Å². The van der Waals surface area contributed by atoms with Crippen LogP contribution in [0.2, 0.25) is 0 Å². The maximum absolute atomic E-state index is 11.6. The largest absolute Gasteiger partial charge is 0.338 e. The van der Waals surface area contributed by atoms with Crippen LogP contribution in [-0.2, 0) is 6.54 Å². The summed E-state index contributed by atoms with van der Waals surface area (Å²) in [4.78, 5) is 11.6. The third kappa shape index (κ3) is 3.85. The molecule has 0 radical (unpaired) electrons. The molecule has 7 heteroatoms. The van der Waals surface area contributed by atoms with E-state index < -0.39 is 0 Å². The summed E-state index contributed by atoms with van der Waals surface area (Å²) in [5.41, 5.74) is 0.796. The molecule has 2 heterocycles. The van der Waals surface area contributed by atoms with E-state index in [1.54, 1.807) is 6.20 Å². The lowest BCUT2D eigenvalue weighted by molar-refractivity contribution is 0.251. The summed E-state index contributed by atoms with van der Waals surface area (Å²) in [6.45, 7) is 1.42. The molecule has 18 heavy (non-hydrogen) atoms. The number of hydrogen-bond acceptors (Lipinski definition) is 3. The summed E-state index contributed by atoms with van der Waals surface area (Å²) >= 11 is 4.90. The summed E-state index contributed by atoms with van der Waals surface area (Å²) in [5.74, 6) is 0. The van der Waals surface area contributed by atoms with Crippen LogP contribution in [0.5, 0.6) is 0 Å². The van der Waals surface area contributed by atoms with Crippen LogP contribution >= 0.6 is 27.3 Å². The van der Waals surface area contributed by atoms with Crippen LogP contribution in [0.1, 0.15) is 6.42 Å². The minimum Gasteiger partial charge on any atom is -0.338 e. The molecule has 2 amide bonds. The van der Waals surface area contributed by atoms with Crippen LogP contribution in [0, 0.1) is 0 Å². The summed E-state index contributed by atoms with van der Waals surface area (Å²) in [5, 5.41) is 11.6. The van der Waals surface area contributed by atoms with E-state index in [1.807, 2.05) is 28.4 Å². The minimum atomic E-state index is -0.186. The SMILES string of the molecule is O=C(NCCCn1cccn1)Nc1ccsc1Br. The van der Waals surface area contributed by atoms with Gasteiger partial charge in [-0.3, -0.25) is 4.68 Å². The Labute approximate surface area is 117 Å². The van der Waals surface area contributed by atoms with Gasteiger partial charge in [-0.15, -0.1) is 11.3 Å². The number of hydrogen-bond donors (Lipinski definition) is 2. The molecule has 0 aromatic carbocycles. The number of urea groups is 1. The molecule has 0 saturated carbocycles. The number of thiophene rings is 1. The predicted molar refractivity (Wildman–Crippen MR) is 75.9 cm³/mol. The highest BCUT2D eigenvalue weighted by Crippen LogP contribution is 2.27. The number of nitrogens with one attached hydrogen (secondary N) is 2. The lowest BCUT2D eigenvalue weighted by Gasteiger charge is -2.06. The summed E-state index contributed by atoms with van der Waals surface area (Å²) in [6, 6.07) is 3.56. The molecule has 0 unspecified atom stereocenters. The highest BCUT2D eigenvalue weighted by Gasteiger charge is 2.05. The van der Waals surface area contributed by atoms with Crippen molar-refractivity contribution in [3.8, 4) is 0 Å². The Morgan fingerprint density at radius 2 is 2.44 bits per heavy atom. The molecule has 0 saturated heterocycles. The van der Waals surface area contributed by atoms with Crippen LogP contribution in [-0.4, -0.2) is 22.4 Å². The van der Waals surface area contributed by atoms with E-state index in [1.165, 1.54) is 11.3 Å². The fraction of sp³-hybridized carbons (Fsp3) is 0.273. The quantitative estimate of drug-likeness (QED) is 0.829. The summed E-state index contributed by atoms with van der Waals surface area (Å²) in [6.07, 6.45) is 4.50. The van der Waals surface area contributed by atoms with Crippen molar-refractivity contribution in [3.05, 3.63) is 33.7 Å². The van der Waals surface area contributed by atoms with E-state index in [9.17, 15) is 4.79 Å². The summed E-state index contributed by atoms with van der Waals surface area (Å²) in [7, 11) is 0. The molecule has 0 atom stereocenters. The third-order valence-corrected chi connectivity index (χ3v) is 3.96. The zero-order valence-electron chi connectivity index (χ0n) is 9.60. The maximum Gasteiger partial charge on any atom is 0.319 e. The second kappa shape index (κ2) is 6.55. The van der Waals surface area contributed by atoms with Crippen LogP contribution < -0.4 is 10.6 Å². The second-order valence-corrected chi connectivity index (χ2v) is 5.85. The smallest absolute Gasteiger partial charge is 0.319 e. The van der Waals surface area contributed by atoms with Gasteiger partial charge in [-0.1, -0.05) is 0 Å². The van der Waals surface area contributed by atoms with Crippen molar-refractivity contribution in [2.45, 2.75) is 13.0 Å². The van der Waals surface area contributed by atoms with Crippen LogP contribution in [0.25, 0.3) is 0 Å². The number of carbonyl (C=O) groups excluding carboxylic acids is 1. The predicted octanol–water partition coefficient (Wildman–Crippen LogP) is 2.92. The van der Waals surface area contributed by atoms with Crippen molar-refractivity contribution < 1.29 is 4.79 Å². The molecule has 0 bridgehead atoms. The average Bonchev–Trinajstić information content (AvgIpc) is 2.98. The molecule has 0 aliphatic rings. The molecule has 0 aliphatic carbocycles. The van der Waals surface area contributed by atoms with Gasteiger partial charge in [-0.25, -0.2) is 4.79 Å². The van der Waals surface area contributed by atoms with Gasteiger partial charge in [0.15, 0.2) is 0 Å².